The maximum Gasteiger partial charge on any atom is 0.322 e. The van der Waals surface area contributed by atoms with Crippen molar-refractivity contribution in [1.82, 2.24) is 0 Å². The minimum Gasteiger partial charge on any atom is -0.182 e. The van der Waals surface area contributed by atoms with Crippen LogP contribution >= 0.6 is 0 Å². The first kappa shape index (κ1) is 11.6. The third-order valence-electron chi connectivity index (χ3n) is 2.42. The molecule has 17 heavy (non-hydrogen) atoms. The highest BCUT2D eigenvalue weighted by Crippen LogP contribution is 2.24. The summed E-state index contributed by atoms with van der Waals surface area (Å²) in [4.78, 5) is 0. The lowest BCUT2D eigenvalue weighted by molar-refractivity contribution is 0.0140. The monoisotopic (exact) mass is 223 g/mol. The Hall–Kier alpha value is -1.90. The summed E-state index contributed by atoms with van der Waals surface area (Å²) < 4.78 is 0. The van der Waals surface area contributed by atoms with E-state index in [9.17, 15) is 10.2 Å². The Morgan fingerprint density at radius 3 is 1.82 bits per heavy atom. The summed E-state index contributed by atoms with van der Waals surface area (Å²) in [5.74, 6) is 0. The number of hydrogen-bond acceptors (Lipinski definition) is 0. The fourth-order valence-corrected chi connectivity index (χ4v) is 1.59. The van der Waals surface area contributed by atoms with Crippen LogP contribution in [0.2, 0.25) is 0 Å². The van der Waals surface area contributed by atoms with E-state index in [-0.39, 0.29) is 5.57 Å². The van der Waals surface area contributed by atoms with Crippen LogP contribution in [0.15, 0.2) is 60.7 Å². The standard InChI is InChI=1S/C15H11O2/c16-15(17)14(13-9-5-2-6-10-13)11-12-7-3-1-4-8-12/h1-11H. The third-order valence-corrected chi connectivity index (χ3v) is 2.42. The van der Waals surface area contributed by atoms with Crippen LogP contribution in [-0.2, 0) is 10.2 Å². The lowest BCUT2D eigenvalue weighted by Crippen LogP contribution is -1.94. The molecule has 0 aliphatic carbocycles. The van der Waals surface area contributed by atoms with Gasteiger partial charge in [-0.05, 0) is 17.2 Å². The SMILES string of the molecule is [O][C]([O])C(=Cc1ccccc1)c1ccccc1. The molecule has 3 radical (unpaired) electrons. The zero-order valence-electron chi connectivity index (χ0n) is 9.17. The average molecular weight is 223 g/mol. The Labute approximate surface area is 100 Å². The van der Waals surface area contributed by atoms with E-state index in [1.807, 2.05) is 36.4 Å². The molecule has 0 saturated carbocycles. The van der Waals surface area contributed by atoms with Gasteiger partial charge in [-0.15, -0.1) is 0 Å². The first-order valence-corrected chi connectivity index (χ1v) is 5.31. The van der Waals surface area contributed by atoms with Gasteiger partial charge in [-0.1, -0.05) is 60.7 Å². The predicted octanol–water partition coefficient (Wildman–Crippen LogP) is 3.58. The van der Waals surface area contributed by atoms with Gasteiger partial charge in [0.05, 0.1) is 0 Å². The second-order valence-corrected chi connectivity index (χ2v) is 3.62. The molecule has 0 heterocycles. The van der Waals surface area contributed by atoms with Crippen molar-refractivity contribution in [3.63, 3.8) is 0 Å². The van der Waals surface area contributed by atoms with Crippen molar-refractivity contribution in [3.05, 3.63) is 78.1 Å². The number of rotatable bonds is 3. The van der Waals surface area contributed by atoms with Crippen LogP contribution in [0.1, 0.15) is 11.1 Å². The fourth-order valence-electron chi connectivity index (χ4n) is 1.59. The smallest absolute Gasteiger partial charge is 0.182 e. The van der Waals surface area contributed by atoms with Gasteiger partial charge in [-0.3, -0.25) is 0 Å². The van der Waals surface area contributed by atoms with E-state index in [1.165, 1.54) is 0 Å². The molecule has 2 heteroatoms. The van der Waals surface area contributed by atoms with Gasteiger partial charge in [0.25, 0.3) is 0 Å². The van der Waals surface area contributed by atoms with Crippen LogP contribution in [0.4, 0.5) is 0 Å². The van der Waals surface area contributed by atoms with E-state index < -0.39 is 6.29 Å². The van der Waals surface area contributed by atoms with E-state index in [1.54, 1.807) is 30.3 Å². The molecule has 0 bridgehead atoms. The Morgan fingerprint density at radius 2 is 1.29 bits per heavy atom. The van der Waals surface area contributed by atoms with Gasteiger partial charge >= 0.3 is 6.29 Å². The molecule has 2 rings (SSSR count). The highest BCUT2D eigenvalue weighted by atomic mass is 16.5. The molecule has 0 aliphatic rings. The van der Waals surface area contributed by atoms with Crippen molar-refractivity contribution in [2.75, 3.05) is 0 Å². The molecule has 0 aromatic heterocycles. The van der Waals surface area contributed by atoms with Gasteiger partial charge in [0.15, 0.2) is 0 Å². The minimum absolute atomic E-state index is 0.191. The Morgan fingerprint density at radius 1 is 0.765 bits per heavy atom. The summed E-state index contributed by atoms with van der Waals surface area (Å²) in [6.45, 7) is 0. The molecule has 0 spiro atoms. The molecular weight excluding hydrogens is 212 g/mol. The first-order chi connectivity index (χ1) is 8.27. The number of benzene rings is 2. The molecule has 0 N–H and O–H groups in total. The normalized spacial score (nSPS) is 11.8. The Balaban J connectivity index is 2.40. The van der Waals surface area contributed by atoms with Gasteiger partial charge in [0, 0.05) is 5.57 Å². The second kappa shape index (κ2) is 5.43. The van der Waals surface area contributed by atoms with Crippen LogP contribution < -0.4 is 0 Å². The second-order valence-electron chi connectivity index (χ2n) is 3.62. The van der Waals surface area contributed by atoms with Crippen molar-refractivity contribution in [2.45, 2.75) is 0 Å². The van der Waals surface area contributed by atoms with Crippen LogP contribution in [-0.4, -0.2) is 0 Å². The fraction of sp³-hybridized carbons (Fsp3) is 0. The molecule has 0 unspecified atom stereocenters. The van der Waals surface area contributed by atoms with Crippen molar-refractivity contribution in [1.29, 1.82) is 0 Å². The molecule has 2 aromatic carbocycles. The van der Waals surface area contributed by atoms with Crippen LogP contribution in [0.25, 0.3) is 11.6 Å². The van der Waals surface area contributed by atoms with Gasteiger partial charge in [-0.25, -0.2) is 0 Å². The molecule has 0 saturated heterocycles. The molecular formula is C15H11O2. The Kier molecular flexibility index (Phi) is 3.70. The number of hydrogen-bond donors (Lipinski definition) is 0. The van der Waals surface area contributed by atoms with Crippen molar-refractivity contribution < 1.29 is 10.2 Å². The Bertz CT molecular complexity index is 487. The average Bonchev–Trinajstić information content (AvgIpc) is 2.38. The van der Waals surface area contributed by atoms with Crippen molar-refractivity contribution in [2.24, 2.45) is 0 Å². The molecule has 0 fully saturated rings. The van der Waals surface area contributed by atoms with Gasteiger partial charge in [0.2, 0.25) is 0 Å². The highest BCUT2D eigenvalue weighted by molar-refractivity contribution is 5.86. The van der Waals surface area contributed by atoms with Crippen LogP contribution in [0.3, 0.4) is 0 Å². The summed E-state index contributed by atoms with van der Waals surface area (Å²) in [5.41, 5.74) is 1.68. The molecule has 2 aromatic rings. The van der Waals surface area contributed by atoms with Crippen molar-refractivity contribution >= 4 is 11.6 Å². The van der Waals surface area contributed by atoms with E-state index in [2.05, 4.69) is 0 Å². The summed E-state index contributed by atoms with van der Waals surface area (Å²) in [6, 6.07) is 18.3. The molecule has 0 aliphatic heterocycles. The summed E-state index contributed by atoms with van der Waals surface area (Å²) >= 11 is 0. The molecule has 83 valence electrons. The zero-order valence-corrected chi connectivity index (χ0v) is 9.17. The first-order valence-electron chi connectivity index (χ1n) is 5.31. The van der Waals surface area contributed by atoms with E-state index in [0.717, 1.165) is 5.56 Å². The summed E-state index contributed by atoms with van der Waals surface area (Å²) in [5, 5.41) is 22.2. The molecule has 2 nitrogen and oxygen atoms in total. The minimum atomic E-state index is -1.17. The highest BCUT2D eigenvalue weighted by Gasteiger charge is 2.14. The van der Waals surface area contributed by atoms with E-state index in [4.69, 9.17) is 0 Å². The largest absolute Gasteiger partial charge is 0.322 e. The van der Waals surface area contributed by atoms with E-state index in [0.29, 0.717) is 5.56 Å². The molecule has 0 atom stereocenters. The van der Waals surface area contributed by atoms with Crippen LogP contribution in [0, 0.1) is 6.29 Å². The van der Waals surface area contributed by atoms with Gasteiger partial charge in [-0.2, -0.15) is 10.2 Å². The maximum atomic E-state index is 11.1. The van der Waals surface area contributed by atoms with E-state index >= 15 is 0 Å². The molecule has 0 amide bonds. The summed E-state index contributed by atoms with van der Waals surface area (Å²) in [6.07, 6.45) is 0.449. The quantitative estimate of drug-likeness (QED) is 0.713. The maximum absolute atomic E-state index is 11.1. The zero-order chi connectivity index (χ0) is 12.1. The lowest BCUT2D eigenvalue weighted by Gasteiger charge is -2.05. The predicted molar refractivity (Wildman–Crippen MR) is 65.4 cm³/mol. The van der Waals surface area contributed by atoms with Crippen LogP contribution in [0.5, 0.6) is 0 Å². The van der Waals surface area contributed by atoms with Gasteiger partial charge < -0.3 is 0 Å². The lowest BCUT2D eigenvalue weighted by atomic mass is 10.0. The topological polar surface area (TPSA) is 39.8 Å². The van der Waals surface area contributed by atoms with Crippen molar-refractivity contribution in [3.8, 4) is 0 Å². The van der Waals surface area contributed by atoms with Gasteiger partial charge in [0.1, 0.15) is 0 Å². The third kappa shape index (κ3) is 3.03. The summed E-state index contributed by atoms with van der Waals surface area (Å²) in [7, 11) is 0.